The van der Waals surface area contributed by atoms with Crippen LogP contribution in [0.15, 0.2) is 73.2 Å². The fourth-order valence-corrected chi connectivity index (χ4v) is 3.55. The van der Waals surface area contributed by atoms with E-state index in [4.69, 9.17) is 4.74 Å². The lowest BCUT2D eigenvalue weighted by Crippen LogP contribution is -2.38. The molecule has 1 aliphatic rings. The molecule has 2 aromatic carbocycles. The molecule has 2 aromatic heterocycles. The number of pyridine rings is 1. The highest BCUT2D eigenvalue weighted by Gasteiger charge is 2.26. The highest BCUT2D eigenvalue weighted by atomic mass is 16.5. The minimum Gasteiger partial charge on any atom is -0.481 e. The summed E-state index contributed by atoms with van der Waals surface area (Å²) in [4.78, 5) is 33.6. The van der Waals surface area contributed by atoms with Crippen LogP contribution in [-0.4, -0.2) is 28.5 Å². The van der Waals surface area contributed by atoms with Crippen molar-refractivity contribution in [3.8, 4) is 5.75 Å². The van der Waals surface area contributed by atoms with Crippen molar-refractivity contribution in [1.29, 1.82) is 0 Å². The number of hydrogen-bond acceptors (Lipinski definition) is 4. The number of aromatic nitrogens is 2. The van der Waals surface area contributed by atoms with Crippen molar-refractivity contribution in [2.45, 2.75) is 6.54 Å². The van der Waals surface area contributed by atoms with Gasteiger partial charge in [0.15, 0.2) is 6.61 Å². The summed E-state index contributed by atoms with van der Waals surface area (Å²) in [5.41, 5.74) is 3.82. The van der Waals surface area contributed by atoms with Gasteiger partial charge in [0.2, 0.25) is 0 Å². The maximum Gasteiger partial charge on any atom is 0.323 e. The highest BCUT2D eigenvalue weighted by molar-refractivity contribution is 6.02. The number of amides is 3. The topological polar surface area (TPSA) is 99.3 Å². The summed E-state index contributed by atoms with van der Waals surface area (Å²) in [6.07, 6.45) is 5.24. The Morgan fingerprint density at radius 3 is 2.65 bits per heavy atom. The Hall–Kier alpha value is -4.33. The molecule has 0 spiro atoms. The van der Waals surface area contributed by atoms with E-state index in [1.165, 1.54) is 0 Å². The Labute approximate surface area is 177 Å². The van der Waals surface area contributed by atoms with Crippen LogP contribution in [0.2, 0.25) is 0 Å². The van der Waals surface area contributed by atoms with Crippen molar-refractivity contribution in [1.82, 2.24) is 9.97 Å². The summed E-state index contributed by atoms with van der Waals surface area (Å²) < 4.78 is 5.60. The van der Waals surface area contributed by atoms with Crippen molar-refractivity contribution in [2.24, 2.45) is 0 Å². The Morgan fingerprint density at radius 1 is 1.03 bits per heavy atom. The number of aromatic amines is 1. The van der Waals surface area contributed by atoms with Crippen LogP contribution in [0.5, 0.6) is 5.75 Å². The first-order chi connectivity index (χ1) is 15.2. The van der Waals surface area contributed by atoms with Crippen molar-refractivity contribution in [3.05, 3.63) is 78.8 Å². The molecule has 154 valence electrons. The second kappa shape index (κ2) is 7.83. The number of anilines is 3. The first-order valence-electron chi connectivity index (χ1n) is 9.77. The van der Waals surface area contributed by atoms with Gasteiger partial charge in [-0.15, -0.1) is 0 Å². The predicted octanol–water partition coefficient (Wildman–Crippen LogP) is 4.13. The maximum absolute atomic E-state index is 12.4. The molecule has 31 heavy (non-hydrogen) atoms. The van der Waals surface area contributed by atoms with Gasteiger partial charge in [0, 0.05) is 41.5 Å². The van der Waals surface area contributed by atoms with Crippen LogP contribution in [0.1, 0.15) is 5.56 Å². The van der Waals surface area contributed by atoms with Gasteiger partial charge < -0.3 is 25.3 Å². The largest absolute Gasteiger partial charge is 0.481 e. The monoisotopic (exact) mass is 413 g/mol. The summed E-state index contributed by atoms with van der Waals surface area (Å²) in [6.45, 7) is 0.371. The summed E-state index contributed by atoms with van der Waals surface area (Å²) in [5, 5.41) is 6.70. The van der Waals surface area contributed by atoms with E-state index < -0.39 is 0 Å². The molecule has 3 amide bonds. The fraction of sp³-hybridized carbons (Fsp3) is 0.0870. The minimum atomic E-state index is -0.369. The number of urea groups is 1. The van der Waals surface area contributed by atoms with Gasteiger partial charge in [-0.25, -0.2) is 4.79 Å². The van der Waals surface area contributed by atoms with Crippen molar-refractivity contribution in [2.75, 3.05) is 22.1 Å². The Morgan fingerprint density at radius 2 is 1.81 bits per heavy atom. The molecule has 3 N–H and O–H groups in total. The summed E-state index contributed by atoms with van der Waals surface area (Å²) in [7, 11) is 0. The number of nitrogens with zero attached hydrogens (tertiary/aromatic N) is 2. The number of benzene rings is 2. The molecule has 1 aliphatic heterocycles. The third-order valence-corrected chi connectivity index (χ3v) is 5.06. The van der Waals surface area contributed by atoms with Crippen LogP contribution in [0.4, 0.5) is 21.9 Å². The van der Waals surface area contributed by atoms with Crippen LogP contribution >= 0.6 is 0 Å². The van der Waals surface area contributed by atoms with E-state index >= 15 is 0 Å². The van der Waals surface area contributed by atoms with E-state index in [9.17, 15) is 9.59 Å². The van der Waals surface area contributed by atoms with Gasteiger partial charge in [-0.1, -0.05) is 6.07 Å². The van der Waals surface area contributed by atoms with Gasteiger partial charge in [0.05, 0.1) is 12.2 Å². The van der Waals surface area contributed by atoms with E-state index in [1.54, 1.807) is 35.5 Å². The van der Waals surface area contributed by atoms with Crippen LogP contribution in [0.25, 0.3) is 10.9 Å². The molecule has 4 aromatic rings. The minimum absolute atomic E-state index is 0.0517. The first-order valence-corrected chi connectivity index (χ1v) is 9.77. The number of H-pyrrole nitrogens is 1. The lowest BCUT2D eigenvalue weighted by molar-refractivity contribution is -0.121. The van der Waals surface area contributed by atoms with Gasteiger partial charge in [-0.05, 0) is 53.4 Å². The molecular formula is C23H19N5O3. The van der Waals surface area contributed by atoms with E-state index in [0.717, 1.165) is 16.5 Å². The quantitative estimate of drug-likeness (QED) is 0.468. The van der Waals surface area contributed by atoms with Gasteiger partial charge in [-0.3, -0.25) is 9.78 Å². The number of fused-ring (bicyclic) bond motifs is 2. The second-order valence-electron chi connectivity index (χ2n) is 7.17. The van der Waals surface area contributed by atoms with Crippen molar-refractivity contribution in [3.63, 3.8) is 0 Å². The van der Waals surface area contributed by atoms with E-state index in [1.807, 2.05) is 42.6 Å². The third kappa shape index (κ3) is 3.91. The number of nitrogens with one attached hydrogen (secondary N) is 3. The molecule has 0 saturated carbocycles. The zero-order valence-electron chi connectivity index (χ0n) is 16.5. The molecule has 3 heterocycles. The molecule has 0 unspecified atom stereocenters. The number of carbonyl (C=O) groups is 2. The van der Waals surface area contributed by atoms with Gasteiger partial charge in [0.1, 0.15) is 5.75 Å². The van der Waals surface area contributed by atoms with Crippen LogP contribution < -0.4 is 20.3 Å². The van der Waals surface area contributed by atoms with Gasteiger partial charge in [-0.2, -0.15) is 0 Å². The predicted molar refractivity (Wildman–Crippen MR) is 118 cm³/mol. The molecule has 0 atom stereocenters. The first kappa shape index (κ1) is 18.7. The van der Waals surface area contributed by atoms with Crippen molar-refractivity contribution >= 4 is 39.9 Å². The zero-order chi connectivity index (χ0) is 21.2. The molecule has 0 fully saturated rings. The molecule has 0 bridgehead atoms. The average Bonchev–Trinajstić information content (AvgIpc) is 3.24. The smallest absolute Gasteiger partial charge is 0.323 e. The normalized spacial score (nSPS) is 12.9. The average molecular weight is 413 g/mol. The van der Waals surface area contributed by atoms with Gasteiger partial charge in [0.25, 0.3) is 5.91 Å². The standard InChI is InChI=1S/C23H19N5O3/c29-22-14-31-21-12-18(3-4-20(21)28(22)13-15-5-8-24-9-6-15)27-23(30)26-17-2-1-16-7-10-25-19(16)11-17/h1-12,25H,13-14H2,(H2,26,27,30). The molecule has 5 rings (SSSR count). The lowest BCUT2D eigenvalue weighted by Gasteiger charge is -2.29. The molecule has 8 heteroatoms. The molecule has 0 radical (unpaired) electrons. The lowest BCUT2D eigenvalue weighted by atomic mass is 10.1. The highest BCUT2D eigenvalue weighted by Crippen LogP contribution is 2.35. The Bertz CT molecular complexity index is 1270. The summed E-state index contributed by atoms with van der Waals surface area (Å²) >= 11 is 0. The number of hydrogen-bond donors (Lipinski definition) is 3. The fourth-order valence-electron chi connectivity index (χ4n) is 3.55. The van der Waals surface area contributed by atoms with Crippen molar-refractivity contribution < 1.29 is 14.3 Å². The number of carbonyl (C=O) groups excluding carboxylic acids is 2. The SMILES string of the molecule is O=C(Nc1ccc2c(c1)OCC(=O)N2Cc1ccncc1)Nc1ccc2cc[nH]c2c1. The summed E-state index contributed by atoms with van der Waals surface area (Å²) in [5.74, 6) is 0.418. The molecule has 0 aliphatic carbocycles. The van der Waals surface area contributed by atoms with E-state index in [2.05, 4.69) is 20.6 Å². The van der Waals surface area contributed by atoms with Crippen LogP contribution in [0.3, 0.4) is 0 Å². The number of rotatable bonds is 4. The van der Waals surface area contributed by atoms with Crippen LogP contribution in [-0.2, 0) is 11.3 Å². The zero-order valence-corrected chi connectivity index (χ0v) is 16.5. The third-order valence-electron chi connectivity index (χ3n) is 5.06. The Balaban J connectivity index is 1.31. The summed E-state index contributed by atoms with van der Waals surface area (Å²) in [6, 6.07) is 16.2. The molecule has 0 saturated heterocycles. The van der Waals surface area contributed by atoms with E-state index in [0.29, 0.717) is 29.4 Å². The van der Waals surface area contributed by atoms with Crippen LogP contribution in [0, 0.1) is 0 Å². The maximum atomic E-state index is 12.4. The molecular weight excluding hydrogens is 394 g/mol. The number of ether oxygens (including phenoxy) is 1. The molecule has 8 nitrogen and oxygen atoms in total. The van der Waals surface area contributed by atoms with E-state index in [-0.39, 0.29) is 18.5 Å². The van der Waals surface area contributed by atoms with Gasteiger partial charge >= 0.3 is 6.03 Å². The second-order valence-corrected chi connectivity index (χ2v) is 7.17. The Kier molecular flexibility index (Phi) is 4.72.